The molecule has 2 heterocycles. The van der Waals surface area contributed by atoms with Gasteiger partial charge in [0.25, 0.3) is 0 Å². The molecule has 0 aliphatic carbocycles. The molecule has 0 aliphatic rings. The fourth-order valence-corrected chi connectivity index (χ4v) is 9.36. The van der Waals surface area contributed by atoms with Gasteiger partial charge in [-0.2, -0.15) is 0 Å². The molecule has 4 nitrogen and oxygen atoms in total. The summed E-state index contributed by atoms with van der Waals surface area (Å²) >= 11 is -1.91. The summed E-state index contributed by atoms with van der Waals surface area (Å²) in [6.45, 7) is 14.8. The first kappa shape index (κ1) is 40.5. The first-order valence-corrected chi connectivity index (χ1v) is 25.7. The number of furan rings is 1. The summed E-state index contributed by atoms with van der Waals surface area (Å²) in [5, 5.41) is 16.8. The third-order valence-electron chi connectivity index (χ3n) is 10.2. The summed E-state index contributed by atoms with van der Waals surface area (Å²) in [5.41, 5.74) is 4.89. The van der Waals surface area contributed by atoms with Crippen molar-refractivity contribution in [2.45, 2.75) is 96.8 Å². The third-order valence-corrected chi connectivity index (χ3v) is 14.4. The summed E-state index contributed by atoms with van der Waals surface area (Å²) in [5.74, 6) is 7.85. The smallest absolute Gasteiger partial charge is 0.512 e. The molecule has 0 fully saturated rings. The van der Waals surface area contributed by atoms with Gasteiger partial charge in [0.15, 0.2) is 5.78 Å². The van der Waals surface area contributed by atoms with Crippen LogP contribution in [-0.4, -0.2) is 29.1 Å². The molecule has 6 heteroatoms. The van der Waals surface area contributed by atoms with Crippen LogP contribution in [0.15, 0.2) is 89.2 Å². The van der Waals surface area contributed by atoms with Crippen molar-refractivity contribution in [2.24, 2.45) is 11.8 Å². The van der Waals surface area contributed by atoms with Crippen molar-refractivity contribution >= 4 is 66.9 Å². The Morgan fingerprint density at radius 1 is 0.824 bits per heavy atom. The number of hydrogen-bond donors (Lipinski definition) is 1. The maximum absolute atomic E-state index is 11.7. The molecule has 271 valence electrons. The van der Waals surface area contributed by atoms with E-state index < -0.39 is 13.3 Å². The second-order valence-corrected chi connectivity index (χ2v) is 26.3. The average molecular weight is 922 g/mol. The summed E-state index contributed by atoms with van der Waals surface area (Å²) < 4.78 is 8.16. The van der Waals surface area contributed by atoms with Crippen molar-refractivity contribution in [3.63, 3.8) is 0 Å². The molecule has 0 aliphatic heterocycles. The van der Waals surface area contributed by atoms with Crippen molar-refractivity contribution in [1.29, 1.82) is 0 Å². The zero-order valence-corrected chi connectivity index (χ0v) is 36.5. The van der Waals surface area contributed by atoms with E-state index in [2.05, 4.69) is 111 Å². The molecule has 6 rings (SSSR count). The van der Waals surface area contributed by atoms with Gasteiger partial charge in [-0.1, -0.05) is 66.7 Å². The minimum Gasteiger partial charge on any atom is -0.512 e. The van der Waals surface area contributed by atoms with E-state index in [9.17, 15) is 9.90 Å². The number of aliphatic hydroxyl groups is 1. The third kappa shape index (κ3) is 8.70. The predicted molar refractivity (Wildman–Crippen MR) is 216 cm³/mol. The average Bonchev–Trinajstić information content (AvgIpc) is 3.47. The molecule has 0 amide bonds. The molecular formula is C45H54GeIrNO3-. The Hall–Kier alpha value is -3.25. The van der Waals surface area contributed by atoms with E-state index in [0.717, 1.165) is 69.7 Å². The quantitative estimate of drug-likeness (QED) is 0.0679. The molecule has 0 unspecified atom stereocenters. The fourth-order valence-electron chi connectivity index (χ4n) is 6.91. The monoisotopic (exact) mass is 923 g/mol. The number of pyridine rings is 1. The number of hydrogen-bond acceptors (Lipinski definition) is 4. The minimum atomic E-state index is -1.91. The molecule has 0 saturated heterocycles. The minimum absolute atomic E-state index is 0. The topological polar surface area (TPSA) is 63.3 Å². The van der Waals surface area contributed by atoms with E-state index in [-0.39, 0.29) is 48.9 Å². The maximum atomic E-state index is 11.7. The molecular weight excluding hydrogens is 867 g/mol. The van der Waals surface area contributed by atoms with Crippen LogP contribution in [0, 0.1) is 17.9 Å². The van der Waals surface area contributed by atoms with E-state index in [4.69, 9.17) is 9.40 Å². The van der Waals surface area contributed by atoms with Crippen molar-refractivity contribution in [3.05, 3.63) is 96.4 Å². The van der Waals surface area contributed by atoms with Crippen molar-refractivity contribution < 1.29 is 34.4 Å². The second kappa shape index (κ2) is 16.6. The van der Waals surface area contributed by atoms with Crippen LogP contribution >= 0.6 is 0 Å². The molecule has 1 radical (unpaired) electrons. The predicted octanol–water partition coefficient (Wildman–Crippen LogP) is 12.5. The molecule has 0 bridgehead atoms. The van der Waals surface area contributed by atoms with Gasteiger partial charge in [0, 0.05) is 38.0 Å². The number of carbonyl (C=O) groups is 1. The van der Waals surface area contributed by atoms with Gasteiger partial charge in [0.1, 0.15) is 0 Å². The van der Waals surface area contributed by atoms with Crippen LogP contribution in [0.1, 0.15) is 79.7 Å². The first-order valence-electron chi connectivity index (χ1n) is 18.4. The van der Waals surface area contributed by atoms with E-state index in [1.54, 1.807) is 0 Å². The molecule has 6 aromatic rings. The van der Waals surface area contributed by atoms with E-state index >= 15 is 0 Å². The Morgan fingerprint density at radius 2 is 1.45 bits per heavy atom. The normalized spacial score (nSPS) is 12.5. The van der Waals surface area contributed by atoms with Crippen molar-refractivity contribution in [2.75, 3.05) is 0 Å². The van der Waals surface area contributed by atoms with E-state index in [0.29, 0.717) is 0 Å². The summed E-state index contributed by atoms with van der Waals surface area (Å²) in [6, 6.07) is 27.8. The number of aliphatic hydroxyl groups excluding tert-OH is 1. The van der Waals surface area contributed by atoms with Gasteiger partial charge < -0.3 is 5.11 Å². The van der Waals surface area contributed by atoms with Crippen LogP contribution in [0.5, 0.6) is 0 Å². The Bertz CT molecular complexity index is 2180. The SMILES string of the molecule is CC(C)(C)c1cc(-c2nccc3c2oc2c4cc[c]([Ge]([CH3])([CH3])[CH3])cc4ccc32)[c-]c2ccccc12.CCC(CC)C(=O)/C=C(\O)C(CC)CC.[Ir]. The Morgan fingerprint density at radius 3 is 2.08 bits per heavy atom. The van der Waals surface area contributed by atoms with Crippen LogP contribution in [0.4, 0.5) is 0 Å². The van der Waals surface area contributed by atoms with E-state index in [1.165, 1.54) is 26.8 Å². The molecule has 0 atom stereocenters. The second-order valence-electron chi connectivity index (χ2n) is 15.7. The fraction of sp³-hybridized carbons (Fsp3) is 0.378. The van der Waals surface area contributed by atoms with Crippen molar-refractivity contribution in [1.82, 2.24) is 4.98 Å². The number of allylic oxidation sites excluding steroid dienone is 2. The first-order chi connectivity index (χ1) is 23.7. The van der Waals surface area contributed by atoms with Crippen molar-refractivity contribution in [3.8, 4) is 11.3 Å². The van der Waals surface area contributed by atoms with Crippen LogP contribution in [0.2, 0.25) is 17.3 Å². The number of carbonyl (C=O) groups excluding carboxylic acids is 1. The Kier molecular flexibility index (Phi) is 13.2. The van der Waals surface area contributed by atoms with Gasteiger partial charge in [-0.25, -0.2) is 0 Å². The van der Waals surface area contributed by atoms with Gasteiger partial charge in [-0.05, 0) is 25.7 Å². The molecule has 51 heavy (non-hydrogen) atoms. The number of aromatic nitrogens is 1. The van der Waals surface area contributed by atoms with E-state index in [1.807, 2.05) is 33.9 Å². The number of ketones is 1. The summed E-state index contributed by atoms with van der Waals surface area (Å²) in [4.78, 5) is 16.5. The number of fused-ring (bicyclic) bond motifs is 6. The van der Waals surface area contributed by atoms with Crippen LogP contribution in [-0.2, 0) is 30.3 Å². The molecule has 0 saturated carbocycles. The molecule has 1 N–H and O–H groups in total. The van der Waals surface area contributed by atoms with Gasteiger partial charge in [-0.3, -0.25) is 4.79 Å². The van der Waals surface area contributed by atoms with Gasteiger partial charge in [0.05, 0.1) is 5.76 Å². The zero-order chi connectivity index (χ0) is 36.4. The summed E-state index contributed by atoms with van der Waals surface area (Å²) in [6.07, 6.45) is 6.80. The number of nitrogens with zero attached hydrogens (tertiary/aromatic N) is 1. The van der Waals surface area contributed by atoms with Crippen LogP contribution in [0.25, 0.3) is 54.7 Å². The summed E-state index contributed by atoms with van der Waals surface area (Å²) in [7, 11) is 0. The van der Waals surface area contributed by atoms with Gasteiger partial charge >= 0.3 is 171 Å². The number of benzene rings is 4. The number of rotatable bonds is 9. The molecule has 4 aromatic carbocycles. The van der Waals surface area contributed by atoms with Gasteiger partial charge in [-0.15, -0.1) is 0 Å². The van der Waals surface area contributed by atoms with Crippen LogP contribution in [0.3, 0.4) is 0 Å². The Balaban J connectivity index is 0.000000312. The van der Waals surface area contributed by atoms with Gasteiger partial charge in [0.2, 0.25) is 0 Å². The molecule has 2 aromatic heterocycles. The Labute approximate surface area is 320 Å². The molecule has 0 spiro atoms. The zero-order valence-electron chi connectivity index (χ0n) is 32.0. The standard InChI is InChI=1S/C32H30GeNO.C13H24O2.Ir/c1-32(2,3)28-19-22(17-20-9-7-8-10-24(20)28)29-31-27(15-16-34-29)26-13-11-21-18-23(33(4,5)6)12-14-25(21)30(26)35-31;1-5-10(6-2)12(14)9-13(15)11(7-3)8-4;/h7-16,18-19H,1-6H3;9-11,14H,5-8H2,1-4H3;/q-1;;/b;12-9-;. The van der Waals surface area contributed by atoms with Crippen LogP contribution < -0.4 is 4.40 Å².